The van der Waals surface area contributed by atoms with Gasteiger partial charge in [-0.2, -0.15) is 0 Å². The third-order valence-electron chi connectivity index (χ3n) is 3.58. The molecule has 0 amide bonds. The van der Waals surface area contributed by atoms with Gasteiger partial charge in [-0.1, -0.05) is 35.5 Å². The van der Waals surface area contributed by atoms with Crippen molar-refractivity contribution in [2.24, 2.45) is 5.16 Å². The highest BCUT2D eigenvalue weighted by atomic mass is 32.1. The smallest absolute Gasteiger partial charge is 0.120 e. The molecule has 0 aliphatic rings. The molecule has 2 aromatic heterocycles. The quantitative estimate of drug-likeness (QED) is 0.440. The predicted octanol–water partition coefficient (Wildman–Crippen LogP) is 3.83. The Hall–Kier alpha value is -2.37. The lowest BCUT2D eigenvalue weighted by atomic mass is 10.0. The minimum atomic E-state index is 0.589. The van der Waals surface area contributed by atoms with E-state index < -0.39 is 0 Å². The van der Waals surface area contributed by atoms with Crippen LogP contribution in [-0.4, -0.2) is 34.5 Å². The maximum absolute atomic E-state index is 9.56. The minimum Gasteiger partial charge on any atom is -0.410 e. The van der Waals surface area contributed by atoms with Gasteiger partial charge in [0.15, 0.2) is 0 Å². The molecule has 5 heteroatoms. The van der Waals surface area contributed by atoms with Crippen molar-refractivity contribution in [3.05, 3.63) is 76.9 Å². The molecular weight excluding hydrogens is 306 g/mol. The van der Waals surface area contributed by atoms with Crippen molar-refractivity contribution in [3.8, 4) is 5.00 Å². The second-order valence-electron chi connectivity index (χ2n) is 5.56. The van der Waals surface area contributed by atoms with Crippen molar-refractivity contribution in [1.82, 2.24) is 9.47 Å². The summed E-state index contributed by atoms with van der Waals surface area (Å²) in [4.78, 5) is 2.14. The summed E-state index contributed by atoms with van der Waals surface area (Å²) in [7, 11) is 4.11. The fraction of sp³-hybridized carbons (Fsp3) is 0.167. The minimum absolute atomic E-state index is 0.589. The highest BCUT2D eigenvalue weighted by Gasteiger charge is 2.16. The van der Waals surface area contributed by atoms with Crippen molar-refractivity contribution in [2.75, 3.05) is 14.1 Å². The molecule has 2 heterocycles. The van der Waals surface area contributed by atoms with E-state index in [4.69, 9.17) is 0 Å². The summed E-state index contributed by atoms with van der Waals surface area (Å²) in [6.07, 6.45) is 2.05. The summed E-state index contributed by atoms with van der Waals surface area (Å²) in [6.45, 7) is 0.848. The lowest BCUT2D eigenvalue weighted by Gasteiger charge is -2.14. The first-order chi connectivity index (χ1) is 11.2. The van der Waals surface area contributed by atoms with Crippen LogP contribution in [0.15, 0.2) is 65.3 Å². The van der Waals surface area contributed by atoms with Gasteiger partial charge in [-0.05, 0) is 37.7 Å². The van der Waals surface area contributed by atoms with Gasteiger partial charge in [0.2, 0.25) is 0 Å². The summed E-state index contributed by atoms with van der Waals surface area (Å²) < 4.78 is 2.16. The van der Waals surface area contributed by atoms with Crippen LogP contribution in [0.25, 0.3) is 5.00 Å². The number of oxime groups is 1. The van der Waals surface area contributed by atoms with Gasteiger partial charge in [0.05, 0.1) is 0 Å². The normalized spacial score (nSPS) is 12.0. The fourth-order valence-electron chi connectivity index (χ4n) is 2.60. The van der Waals surface area contributed by atoms with Crippen LogP contribution >= 0.6 is 11.3 Å². The molecule has 118 valence electrons. The van der Waals surface area contributed by atoms with Crippen LogP contribution in [0.3, 0.4) is 0 Å². The summed E-state index contributed by atoms with van der Waals surface area (Å²) >= 11 is 1.64. The SMILES string of the molecule is CN(C)Cc1cccn1-c1sccc1/C(=N/O)c1ccccc1. The number of nitrogens with zero attached hydrogens (tertiary/aromatic N) is 3. The van der Waals surface area contributed by atoms with E-state index >= 15 is 0 Å². The van der Waals surface area contributed by atoms with Crippen LogP contribution < -0.4 is 0 Å². The Balaban J connectivity index is 2.05. The van der Waals surface area contributed by atoms with Gasteiger partial charge in [-0.3, -0.25) is 0 Å². The molecule has 23 heavy (non-hydrogen) atoms. The van der Waals surface area contributed by atoms with Gasteiger partial charge in [-0.25, -0.2) is 0 Å². The van der Waals surface area contributed by atoms with Crippen LogP contribution in [0.2, 0.25) is 0 Å². The standard InChI is InChI=1S/C18H19N3OS/c1-20(2)13-15-9-6-11-21(15)18-16(10-12-23-18)17(19-22)14-7-4-3-5-8-14/h3-12,22H,13H2,1-2H3/b19-17+. The van der Waals surface area contributed by atoms with Gasteiger partial charge < -0.3 is 14.7 Å². The van der Waals surface area contributed by atoms with Crippen LogP contribution in [0, 0.1) is 0 Å². The van der Waals surface area contributed by atoms with Crippen molar-refractivity contribution >= 4 is 17.0 Å². The molecule has 0 fully saturated rings. The molecule has 3 aromatic rings. The van der Waals surface area contributed by atoms with Gasteiger partial charge in [0, 0.05) is 29.6 Å². The Bertz CT molecular complexity index is 803. The summed E-state index contributed by atoms with van der Waals surface area (Å²) in [6, 6.07) is 15.9. The zero-order valence-electron chi connectivity index (χ0n) is 13.2. The van der Waals surface area contributed by atoms with Crippen molar-refractivity contribution < 1.29 is 5.21 Å². The average Bonchev–Trinajstić information content (AvgIpc) is 3.18. The molecule has 3 rings (SSSR count). The predicted molar refractivity (Wildman–Crippen MR) is 94.9 cm³/mol. The number of hydrogen-bond acceptors (Lipinski definition) is 4. The van der Waals surface area contributed by atoms with Gasteiger partial charge in [-0.15, -0.1) is 11.3 Å². The van der Waals surface area contributed by atoms with Crippen LogP contribution in [0.4, 0.5) is 0 Å². The van der Waals surface area contributed by atoms with E-state index in [1.54, 1.807) is 11.3 Å². The molecule has 0 aliphatic carbocycles. The number of benzene rings is 1. The Morgan fingerprint density at radius 3 is 2.61 bits per heavy atom. The Kier molecular flexibility index (Phi) is 4.60. The number of thiophene rings is 1. The molecule has 0 unspecified atom stereocenters. The van der Waals surface area contributed by atoms with Gasteiger partial charge in [0.1, 0.15) is 10.7 Å². The lowest BCUT2D eigenvalue weighted by Crippen LogP contribution is -2.14. The van der Waals surface area contributed by atoms with Crippen molar-refractivity contribution in [1.29, 1.82) is 0 Å². The molecule has 0 radical (unpaired) electrons. The largest absolute Gasteiger partial charge is 0.410 e. The first-order valence-electron chi connectivity index (χ1n) is 7.37. The Morgan fingerprint density at radius 2 is 1.91 bits per heavy atom. The Morgan fingerprint density at radius 1 is 1.13 bits per heavy atom. The monoisotopic (exact) mass is 325 g/mol. The molecule has 0 spiro atoms. The summed E-state index contributed by atoms with van der Waals surface area (Å²) in [5.74, 6) is 0. The third kappa shape index (κ3) is 3.21. The summed E-state index contributed by atoms with van der Waals surface area (Å²) in [5.41, 5.74) is 3.62. The average molecular weight is 325 g/mol. The van der Waals surface area contributed by atoms with E-state index in [-0.39, 0.29) is 0 Å². The van der Waals surface area contributed by atoms with Crippen LogP contribution in [0.1, 0.15) is 16.8 Å². The highest BCUT2D eigenvalue weighted by Crippen LogP contribution is 2.27. The molecule has 1 N–H and O–H groups in total. The topological polar surface area (TPSA) is 40.8 Å². The maximum Gasteiger partial charge on any atom is 0.120 e. The molecule has 0 aliphatic heterocycles. The van der Waals surface area contributed by atoms with E-state index in [1.165, 1.54) is 5.69 Å². The first kappa shape index (κ1) is 15.5. The fourth-order valence-corrected chi connectivity index (χ4v) is 3.51. The molecule has 0 bridgehead atoms. The maximum atomic E-state index is 9.56. The third-order valence-corrected chi connectivity index (χ3v) is 4.49. The molecule has 0 saturated heterocycles. The van der Waals surface area contributed by atoms with E-state index in [1.807, 2.05) is 54.0 Å². The first-order valence-corrected chi connectivity index (χ1v) is 8.25. The van der Waals surface area contributed by atoms with Crippen molar-refractivity contribution in [2.45, 2.75) is 6.54 Å². The highest BCUT2D eigenvalue weighted by molar-refractivity contribution is 7.13. The molecule has 0 saturated carbocycles. The number of rotatable bonds is 5. The van der Waals surface area contributed by atoms with Gasteiger partial charge >= 0.3 is 0 Å². The van der Waals surface area contributed by atoms with Crippen molar-refractivity contribution in [3.63, 3.8) is 0 Å². The zero-order chi connectivity index (χ0) is 16.2. The molecule has 0 atom stereocenters. The molecule has 1 aromatic carbocycles. The van der Waals surface area contributed by atoms with E-state index in [2.05, 4.69) is 34.8 Å². The number of hydrogen-bond donors (Lipinski definition) is 1. The van der Waals surface area contributed by atoms with Crippen LogP contribution in [-0.2, 0) is 6.54 Å². The zero-order valence-corrected chi connectivity index (χ0v) is 14.0. The second-order valence-corrected chi connectivity index (χ2v) is 6.46. The molecular formula is C18H19N3OS. The second kappa shape index (κ2) is 6.81. The summed E-state index contributed by atoms with van der Waals surface area (Å²) in [5, 5.41) is 16.2. The van der Waals surface area contributed by atoms with Crippen LogP contribution in [0.5, 0.6) is 0 Å². The van der Waals surface area contributed by atoms with E-state index in [0.717, 1.165) is 22.7 Å². The lowest BCUT2D eigenvalue weighted by molar-refractivity contribution is 0.319. The Labute approximate surface area is 139 Å². The van der Waals surface area contributed by atoms with E-state index in [9.17, 15) is 5.21 Å². The number of aromatic nitrogens is 1. The molecule has 4 nitrogen and oxygen atoms in total. The van der Waals surface area contributed by atoms with Gasteiger partial charge in [0.25, 0.3) is 0 Å². The van der Waals surface area contributed by atoms with E-state index in [0.29, 0.717) is 5.71 Å².